The van der Waals surface area contributed by atoms with E-state index in [2.05, 4.69) is 40.0 Å². The normalized spacial score (nSPS) is 18.5. The summed E-state index contributed by atoms with van der Waals surface area (Å²) < 4.78 is 6.03. The Morgan fingerprint density at radius 2 is 1.92 bits per heavy atom. The second-order valence-electron chi connectivity index (χ2n) is 6.01. The van der Waals surface area contributed by atoms with Crippen molar-refractivity contribution in [3.63, 3.8) is 0 Å². The van der Waals surface area contributed by atoms with E-state index in [0.29, 0.717) is 12.1 Å². The van der Waals surface area contributed by atoms with Gasteiger partial charge in [0.25, 0.3) is 5.91 Å². The van der Waals surface area contributed by atoms with Crippen LogP contribution >= 0.6 is 15.9 Å². The zero-order valence-electron chi connectivity index (χ0n) is 13.9. The highest BCUT2D eigenvalue weighted by atomic mass is 79.9. The maximum absolute atomic E-state index is 12.9. The molecule has 1 amide bonds. The third-order valence-electron chi connectivity index (χ3n) is 4.52. The minimum absolute atomic E-state index is 0.0624. The molecule has 1 heterocycles. The molecular formula is C19H21BrN2O2. The predicted octanol–water partition coefficient (Wildman–Crippen LogP) is 3.59. The van der Waals surface area contributed by atoms with Crippen LogP contribution in [0.3, 0.4) is 0 Å². The maximum atomic E-state index is 12.9. The number of amides is 1. The number of ether oxygens (including phenoxy) is 1. The lowest BCUT2D eigenvalue weighted by atomic mass is 10.0. The van der Waals surface area contributed by atoms with E-state index in [1.54, 1.807) is 7.11 Å². The summed E-state index contributed by atoms with van der Waals surface area (Å²) >= 11 is 3.45. The predicted molar refractivity (Wildman–Crippen MR) is 98.4 cm³/mol. The van der Waals surface area contributed by atoms with E-state index < -0.39 is 0 Å². The summed E-state index contributed by atoms with van der Waals surface area (Å²) in [6, 6.07) is 16.1. The fourth-order valence-corrected chi connectivity index (χ4v) is 3.62. The lowest BCUT2D eigenvalue weighted by Gasteiger charge is -2.39. The second-order valence-corrected chi connectivity index (χ2v) is 6.86. The first-order valence-electron chi connectivity index (χ1n) is 7.98. The van der Waals surface area contributed by atoms with Crippen molar-refractivity contribution < 1.29 is 9.53 Å². The molecule has 0 aliphatic carbocycles. The van der Waals surface area contributed by atoms with E-state index in [9.17, 15) is 4.79 Å². The number of methoxy groups -OCH3 is 1. The molecule has 1 saturated heterocycles. The molecule has 1 fully saturated rings. The number of rotatable bonds is 3. The van der Waals surface area contributed by atoms with E-state index in [-0.39, 0.29) is 11.9 Å². The van der Waals surface area contributed by atoms with Crippen molar-refractivity contribution in [2.75, 3.05) is 33.8 Å². The number of hydrogen-bond acceptors (Lipinski definition) is 3. The first-order valence-corrected chi connectivity index (χ1v) is 8.77. The molecular weight excluding hydrogens is 368 g/mol. The number of halogens is 1. The number of nitrogens with zero attached hydrogens (tertiary/aromatic N) is 2. The molecule has 0 bridgehead atoms. The van der Waals surface area contributed by atoms with Crippen LogP contribution in [0.1, 0.15) is 22.0 Å². The molecule has 4 nitrogen and oxygen atoms in total. The van der Waals surface area contributed by atoms with Crippen LogP contribution in [0.25, 0.3) is 0 Å². The van der Waals surface area contributed by atoms with Crippen molar-refractivity contribution in [1.82, 2.24) is 9.80 Å². The number of benzene rings is 2. The average molecular weight is 389 g/mol. The van der Waals surface area contributed by atoms with Crippen molar-refractivity contribution in [3.8, 4) is 5.75 Å². The van der Waals surface area contributed by atoms with Crippen molar-refractivity contribution >= 4 is 21.8 Å². The van der Waals surface area contributed by atoms with Gasteiger partial charge >= 0.3 is 0 Å². The van der Waals surface area contributed by atoms with Crippen LogP contribution in [0.4, 0.5) is 0 Å². The molecule has 1 atom stereocenters. The second kappa shape index (κ2) is 7.36. The summed E-state index contributed by atoms with van der Waals surface area (Å²) in [5, 5.41) is 0. The molecule has 3 rings (SSSR count). The van der Waals surface area contributed by atoms with Gasteiger partial charge in [0.2, 0.25) is 0 Å². The first kappa shape index (κ1) is 17.0. The van der Waals surface area contributed by atoms with Crippen LogP contribution in [0.5, 0.6) is 5.75 Å². The molecule has 0 N–H and O–H groups in total. The smallest absolute Gasteiger partial charge is 0.254 e. The van der Waals surface area contributed by atoms with Crippen LogP contribution in [-0.4, -0.2) is 49.5 Å². The van der Waals surface area contributed by atoms with Gasteiger partial charge in [-0.1, -0.05) is 30.3 Å². The third-order valence-corrected chi connectivity index (χ3v) is 5.14. The highest BCUT2D eigenvalue weighted by molar-refractivity contribution is 9.10. The molecule has 24 heavy (non-hydrogen) atoms. The van der Waals surface area contributed by atoms with Gasteiger partial charge in [-0.15, -0.1) is 0 Å². The summed E-state index contributed by atoms with van der Waals surface area (Å²) in [7, 11) is 3.73. The summed E-state index contributed by atoms with van der Waals surface area (Å²) in [5.41, 5.74) is 1.92. The minimum Gasteiger partial charge on any atom is -0.496 e. The summed E-state index contributed by atoms with van der Waals surface area (Å²) in [6.07, 6.45) is 0. The summed E-state index contributed by atoms with van der Waals surface area (Å²) in [4.78, 5) is 17.1. The Morgan fingerprint density at radius 1 is 1.17 bits per heavy atom. The van der Waals surface area contributed by atoms with Gasteiger partial charge < -0.3 is 9.64 Å². The van der Waals surface area contributed by atoms with Crippen molar-refractivity contribution in [2.24, 2.45) is 0 Å². The largest absolute Gasteiger partial charge is 0.496 e. The standard InChI is InChI=1S/C19H21BrN2O2/c1-21-10-11-22(13-17(21)14-6-4-3-5-7-14)19(23)15-8-9-18(24-2)16(20)12-15/h3-9,12,17H,10-11,13H2,1-2H3. The van der Waals surface area contributed by atoms with E-state index in [0.717, 1.165) is 23.3 Å². The lowest BCUT2D eigenvalue weighted by molar-refractivity contribution is 0.0546. The van der Waals surface area contributed by atoms with Crippen molar-refractivity contribution in [3.05, 3.63) is 64.1 Å². The van der Waals surface area contributed by atoms with Crippen molar-refractivity contribution in [1.29, 1.82) is 0 Å². The zero-order valence-corrected chi connectivity index (χ0v) is 15.5. The first-order chi connectivity index (χ1) is 11.6. The Hall–Kier alpha value is -1.85. The molecule has 0 spiro atoms. The highest BCUT2D eigenvalue weighted by Gasteiger charge is 2.29. The highest BCUT2D eigenvalue weighted by Crippen LogP contribution is 2.28. The van der Waals surface area contributed by atoms with Gasteiger partial charge in [-0.2, -0.15) is 0 Å². The average Bonchev–Trinajstić information content (AvgIpc) is 2.62. The minimum atomic E-state index is 0.0624. The number of carbonyl (C=O) groups excluding carboxylic acids is 1. The monoisotopic (exact) mass is 388 g/mol. The van der Waals surface area contributed by atoms with Gasteiger partial charge in [0, 0.05) is 25.2 Å². The molecule has 1 unspecified atom stereocenters. The Bertz CT molecular complexity index is 721. The molecule has 0 saturated carbocycles. The van der Waals surface area contributed by atoms with Gasteiger partial charge in [0.05, 0.1) is 17.6 Å². The number of hydrogen-bond donors (Lipinski definition) is 0. The quantitative estimate of drug-likeness (QED) is 0.805. The summed E-state index contributed by atoms with van der Waals surface area (Å²) in [5.74, 6) is 0.791. The molecule has 126 valence electrons. The Morgan fingerprint density at radius 3 is 2.58 bits per heavy atom. The van der Waals surface area contributed by atoms with Crippen molar-refractivity contribution in [2.45, 2.75) is 6.04 Å². The Labute approximate surface area is 151 Å². The molecule has 1 aliphatic heterocycles. The number of piperazine rings is 1. The van der Waals surface area contributed by atoms with Crippen LogP contribution in [-0.2, 0) is 0 Å². The van der Waals surface area contributed by atoms with E-state index >= 15 is 0 Å². The third kappa shape index (κ3) is 3.47. The maximum Gasteiger partial charge on any atom is 0.254 e. The topological polar surface area (TPSA) is 32.8 Å². The molecule has 0 aromatic heterocycles. The lowest BCUT2D eigenvalue weighted by Crippen LogP contribution is -2.49. The fraction of sp³-hybridized carbons (Fsp3) is 0.316. The van der Waals surface area contributed by atoms with Gasteiger partial charge in [0.15, 0.2) is 0 Å². The van der Waals surface area contributed by atoms with Crippen LogP contribution < -0.4 is 4.74 Å². The SMILES string of the molecule is COc1ccc(C(=O)N2CCN(C)C(c3ccccc3)C2)cc1Br. The molecule has 1 aliphatic rings. The molecule has 2 aromatic rings. The van der Waals surface area contributed by atoms with Gasteiger partial charge in [-0.05, 0) is 46.7 Å². The van der Waals surface area contributed by atoms with E-state index in [1.807, 2.05) is 41.3 Å². The Kier molecular flexibility index (Phi) is 5.21. The van der Waals surface area contributed by atoms with Crippen LogP contribution in [0.15, 0.2) is 53.0 Å². The molecule has 2 aromatic carbocycles. The fourth-order valence-electron chi connectivity index (χ4n) is 3.08. The molecule has 5 heteroatoms. The van der Waals surface area contributed by atoms with E-state index in [1.165, 1.54) is 5.56 Å². The van der Waals surface area contributed by atoms with E-state index in [4.69, 9.17) is 4.74 Å². The van der Waals surface area contributed by atoms with Gasteiger partial charge in [-0.25, -0.2) is 0 Å². The number of carbonyl (C=O) groups is 1. The zero-order chi connectivity index (χ0) is 17.1. The van der Waals surface area contributed by atoms with Crippen LogP contribution in [0, 0.1) is 0 Å². The Balaban J connectivity index is 1.79. The molecule has 0 radical (unpaired) electrons. The van der Waals surface area contributed by atoms with Crippen LogP contribution in [0.2, 0.25) is 0 Å². The number of likely N-dealkylation sites (N-methyl/N-ethyl adjacent to an activating group) is 1. The summed E-state index contributed by atoms with van der Waals surface area (Å²) in [6.45, 7) is 2.30. The van der Waals surface area contributed by atoms with Gasteiger partial charge in [0.1, 0.15) is 5.75 Å². The van der Waals surface area contributed by atoms with Gasteiger partial charge in [-0.3, -0.25) is 9.69 Å².